The van der Waals surface area contributed by atoms with Crippen molar-refractivity contribution in [1.82, 2.24) is 15.5 Å². The summed E-state index contributed by atoms with van der Waals surface area (Å²) in [5.74, 6) is 5.54. The van der Waals surface area contributed by atoms with Gasteiger partial charge in [0.25, 0.3) is 5.91 Å². The van der Waals surface area contributed by atoms with Gasteiger partial charge in [-0.05, 0) is 6.07 Å². The Labute approximate surface area is 108 Å². The number of aromatic nitrogens is 2. The first-order valence-electron chi connectivity index (χ1n) is 5.33. The zero-order valence-corrected chi connectivity index (χ0v) is 10.4. The van der Waals surface area contributed by atoms with E-state index >= 15 is 0 Å². The largest absolute Gasteiger partial charge is 0.348 e. The maximum atomic E-state index is 11.8. The van der Waals surface area contributed by atoms with Crippen LogP contribution in [0, 0.1) is 11.8 Å². The summed E-state index contributed by atoms with van der Waals surface area (Å²) in [4.78, 5) is 12.7. The van der Waals surface area contributed by atoms with Gasteiger partial charge in [0.05, 0.1) is 23.2 Å². The number of hydrogen-bond donors (Lipinski definition) is 3. The molecule has 5 nitrogen and oxygen atoms in total. The van der Waals surface area contributed by atoms with Crippen molar-refractivity contribution in [2.45, 2.75) is 6.54 Å². The topological polar surface area (TPSA) is 83.8 Å². The molecule has 6 heteroatoms. The van der Waals surface area contributed by atoms with E-state index in [2.05, 4.69) is 27.4 Å². The van der Waals surface area contributed by atoms with E-state index in [1.807, 2.05) is 0 Å². The number of aromatic amines is 1. The smallest absolute Gasteiger partial charge is 0.252 e. The molecule has 0 bridgehead atoms. The predicted octanol–water partition coefficient (Wildman–Crippen LogP) is 0.711. The van der Waals surface area contributed by atoms with E-state index < -0.39 is 0 Å². The van der Waals surface area contributed by atoms with Gasteiger partial charge in [0.1, 0.15) is 0 Å². The van der Waals surface area contributed by atoms with Gasteiger partial charge in [-0.3, -0.25) is 9.89 Å². The van der Waals surface area contributed by atoms with Gasteiger partial charge in [-0.15, -0.1) is 11.3 Å². The van der Waals surface area contributed by atoms with Crippen molar-refractivity contribution in [2.75, 3.05) is 6.54 Å². The van der Waals surface area contributed by atoms with Crippen LogP contribution in [0.15, 0.2) is 23.8 Å². The van der Waals surface area contributed by atoms with Crippen molar-refractivity contribution in [1.29, 1.82) is 0 Å². The molecule has 0 aliphatic heterocycles. The third-order valence-corrected chi connectivity index (χ3v) is 3.03. The van der Waals surface area contributed by atoms with Gasteiger partial charge in [-0.25, -0.2) is 0 Å². The molecule has 2 aromatic rings. The van der Waals surface area contributed by atoms with Crippen LogP contribution >= 0.6 is 11.3 Å². The Bertz CT molecular complexity index is 577. The molecular weight excluding hydrogens is 248 g/mol. The minimum absolute atomic E-state index is 0.117. The highest BCUT2D eigenvalue weighted by molar-refractivity contribution is 7.10. The Morgan fingerprint density at radius 1 is 1.61 bits per heavy atom. The fraction of sp³-hybridized carbons (Fsp3) is 0.167. The molecule has 0 radical (unpaired) electrons. The monoisotopic (exact) mass is 260 g/mol. The van der Waals surface area contributed by atoms with Crippen LogP contribution in [-0.2, 0) is 6.54 Å². The zero-order valence-electron chi connectivity index (χ0n) is 9.56. The van der Waals surface area contributed by atoms with E-state index in [9.17, 15) is 4.79 Å². The Hall–Kier alpha value is -2.10. The van der Waals surface area contributed by atoms with Crippen molar-refractivity contribution < 1.29 is 4.79 Å². The lowest BCUT2D eigenvalue weighted by atomic mass is 10.2. The summed E-state index contributed by atoms with van der Waals surface area (Å²) in [5.41, 5.74) is 6.84. The summed E-state index contributed by atoms with van der Waals surface area (Å²) in [5, 5.41) is 11.1. The average molecular weight is 260 g/mol. The summed E-state index contributed by atoms with van der Waals surface area (Å²) in [6, 6.07) is 1.76. The summed E-state index contributed by atoms with van der Waals surface area (Å²) < 4.78 is 0. The van der Waals surface area contributed by atoms with Gasteiger partial charge < -0.3 is 11.1 Å². The Kier molecular flexibility index (Phi) is 4.12. The molecule has 0 aliphatic carbocycles. The van der Waals surface area contributed by atoms with E-state index in [0.717, 1.165) is 10.4 Å². The minimum atomic E-state index is -0.117. The first-order valence-corrected chi connectivity index (χ1v) is 6.21. The zero-order chi connectivity index (χ0) is 12.8. The van der Waals surface area contributed by atoms with Crippen molar-refractivity contribution in [2.24, 2.45) is 5.73 Å². The van der Waals surface area contributed by atoms with Crippen molar-refractivity contribution in [3.63, 3.8) is 0 Å². The van der Waals surface area contributed by atoms with Crippen LogP contribution in [0.1, 0.15) is 20.8 Å². The van der Waals surface area contributed by atoms with Gasteiger partial charge in [-0.2, -0.15) is 5.10 Å². The Balaban J connectivity index is 1.94. The normalized spacial score (nSPS) is 9.61. The molecule has 0 saturated heterocycles. The number of nitrogens with zero attached hydrogens (tertiary/aromatic N) is 1. The molecule has 1 amide bonds. The molecule has 0 saturated carbocycles. The maximum Gasteiger partial charge on any atom is 0.252 e. The lowest BCUT2D eigenvalue weighted by Crippen LogP contribution is -2.21. The summed E-state index contributed by atoms with van der Waals surface area (Å²) in [6.07, 6.45) is 3.41. The highest BCUT2D eigenvalue weighted by Gasteiger charge is 2.07. The first kappa shape index (κ1) is 12.4. The van der Waals surface area contributed by atoms with E-state index in [0.29, 0.717) is 18.7 Å². The van der Waals surface area contributed by atoms with Crippen LogP contribution in [-0.4, -0.2) is 22.6 Å². The van der Waals surface area contributed by atoms with Gasteiger partial charge >= 0.3 is 0 Å². The number of carbonyl (C=O) groups excluding carboxylic acids is 1. The predicted molar refractivity (Wildman–Crippen MR) is 70.0 cm³/mol. The first-order chi connectivity index (χ1) is 8.79. The molecule has 0 aliphatic rings. The summed E-state index contributed by atoms with van der Waals surface area (Å²) >= 11 is 1.43. The molecule has 0 fully saturated rings. The molecule has 2 rings (SSSR count). The highest BCUT2D eigenvalue weighted by Crippen LogP contribution is 2.13. The quantitative estimate of drug-likeness (QED) is 0.711. The molecule has 0 aromatic carbocycles. The third kappa shape index (κ3) is 3.20. The molecule has 2 heterocycles. The lowest BCUT2D eigenvalue weighted by Gasteiger charge is -2.00. The van der Waals surface area contributed by atoms with Crippen molar-refractivity contribution >= 4 is 17.2 Å². The fourth-order valence-electron chi connectivity index (χ4n) is 1.32. The molecule has 0 atom stereocenters. The van der Waals surface area contributed by atoms with E-state index in [1.165, 1.54) is 11.3 Å². The van der Waals surface area contributed by atoms with Crippen molar-refractivity contribution in [3.8, 4) is 11.8 Å². The molecular formula is C12H12N4OS. The Morgan fingerprint density at radius 3 is 3.22 bits per heavy atom. The number of hydrogen-bond acceptors (Lipinski definition) is 4. The van der Waals surface area contributed by atoms with Gasteiger partial charge in [0.2, 0.25) is 0 Å². The standard InChI is InChI=1S/C12H12N4OS/c13-3-1-2-11-4-10(8-18-11)12(17)14-5-9-6-15-16-7-9/h4,6-8H,3,5,13H2,(H,14,17)(H,15,16). The number of carbonyl (C=O) groups is 1. The number of H-pyrrole nitrogens is 1. The number of amides is 1. The second-order valence-electron chi connectivity index (χ2n) is 3.49. The van der Waals surface area contributed by atoms with Gasteiger partial charge in [-0.1, -0.05) is 11.8 Å². The summed E-state index contributed by atoms with van der Waals surface area (Å²) in [6.45, 7) is 0.773. The van der Waals surface area contributed by atoms with E-state index in [4.69, 9.17) is 5.73 Å². The second-order valence-corrected chi connectivity index (χ2v) is 4.41. The van der Waals surface area contributed by atoms with Gasteiger partial charge in [0, 0.05) is 23.7 Å². The van der Waals surface area contributed by atoms with Crippen molar-refractivity contribution in [3.05, 3.63) is 39.8 Å². The van der Waals surface area contributed by atoms with Crippen LogP contribution in [0.25, 0.3) is 0 Å². The minimum Gasteiger partial charge on any atom is -0.348 e. The average Bonchev–Trinajstić information content (AvgIpc) is 3.04. The number of nitrogens with one attached hydrogen (secondary N) is 2. The second kappa shape index (κ2) is 6.00. The van der Waals surface area contributed by atoms with Crippen LogP contribution in [0.3, 0.4) is 0 Å². The Morgan fingerprint density at radius 2 is 2.50 bits per heavy atom. The SMILES string of the molecule is NCC#Cc1cc(C(=O)NCc2cn[nH]c2)cs1. The molecule has 0 spiro atoms. The van der Waals surface area contributed by atoms with Gasteiger partial charge in [0.15, 0.2) is 0 Å². The maximum absolute atomic E-state index is 11.8. The van der Waals surface area contributed by atoms with Crippen LogP contribution in [0.5, 0.6) is 0 Å². The fourth-order valence-corrected chi connectivity index (χ4v) is 2.07. The summed E-state index contributed by atoms with van der Waals surface area (Å²) in [7, 11) is 0. The molecule has 18 heavy (non-hydrogen) atoms. The lowest BCUT2D eigenvalue weighted by molar-refractivity contribution is 0.0951. The third-order valence-electron chi connectivity index (χ3n) is 2.18. The van der Waals surface area contributed by atoms with E-state index in [-0.39, 0.29) is 5.91 Å². The number of rotatable bonds is 3. The van der Waals surface area contributed by atoms with E-state index in [1.54, 1.807) is 23.8 Å². The molecule has 2 aromatic heterocycles. The number of thiophene rings is 1. The highest BCUT2D eigenvalue weighted by atomic mass is 32.1. The molecule has 92 valence electrons. The van der Waals surface area contributed by atoms with Crippen LogP contribution in [0.4, 0.5) is 0 Å². The molecule has 4 N–H and O–H groups in total. The van der Waals surface area contributed by atoms with Crippen LogP contribution in [0.2, 0.25) is 0 Å². The number of nitrogens with two attached hydrogens (primary N) is 1. The van der Waals surface area contributed by atoms with Crippen LogP contribution < -0.4 is 11.1 Å². The molecule has 0 unspecified atom stereocenters.